The van der Waals surface area contributed by atoms with Gasteiger partial charge < -0.3 is 19.1 Å². The molecule has 156 valence electrons. The molecule has 1 aliphatic heterocycles. The molecule has 0 spiro atoms. The van der Waals surface area contributed by atoms with Gasteiger partial charge in [0.2, 0.25) is 0 Å². The smallest absolute Gasteiger partial charge is 0.410 e. The summed E-state index contributed by atoms with van der Waals surface area (Å²) in [6.45, 7) is 9.38. The highest BCUT2D eigenvalue weighted by atomic mass is 19.1. The summed E-state index contributed by atoms with van der Waals surface area (Å²) in [4.78, 5) is 28.4. The number of amides is 1. The molecule has 0 radical (unpaired) electrons. The van der Waals surface area contributed by atoms with Crippen molar-refractivity contribution in [3.63, 3.8) is 0 Å². The lowest BCUT2D eigenvalue weighted by molar-refractivity contribution is 0.0240. The van der Waals surface area contributed by atoms with E-state index in [2.05, 4.69) is 0 Å². The topological polar surface area (TPSA) is 54.8 Å². The summed E-state index contributed by atoms with van der Waals surface area (Å²) >= 11 is 0. The minimum atomic E-state index is -0.540. The van der Waals surface area contributed by atoms with Crippen LogP contribution in [0.4, 0.5) is 14.9 Å². The molecule has 1 aromatic carbocycles. The number of carbonyl (C=O) groups excluding carboxylic acids is 1. The van der Waals surface area contributed by atoms with Crippen LogP contribution in [0.3, 0.4) is 0 Å². The first-order valence-corrected chi connectivity index (χ1v) is 10.2. The number of nitrogens with zero attached hydrogens (tertiary/aromatic N) is 3. The highest BCUT2D eigenvalue weighted by Crippen LogP contribution is 2.39. The third-order valence-electron chi connectivity index (χ3n) is 5.54. The van der Waals surface area contributed by atoms with Crippen LogP contribution in [0.5, 0.6) is 0 Å². The zero-order chi connectivity index (χ0) is 20.9. The Labute approximate surface area is 169 Å². The van der Waals surface area contributed by atoms with Crippen LogP contribution in [-0.4, -0.2) is 47.3 Å². The van der Waals surface area contributed by atoms with Crippen LogP contribution >= 0.6 is 0 Å². The molecule has 1 saturated carbocycles. The summed E-state index contributed by atoms with van der Waals surface area (Å²) < 4.78 is 22.3. The van der Waals surface area contributed by atoms with Crippen molar-refractivity contribution in [2.75, 3.05) is 31.1 Å². The van der Waals surface area contributed by atoms with Gasteiger partial charge in [-0.25, -0.2) is 9.18 Å². The number of halogens is 1. The number of piperazine rings is 1. The van der Waals surface area contributed by atoms with Gasteiger partial charge in [-0.15, -0.1) is 0 Å². The summed E-state index contributed by atoms with van der Waals surface area (Å²) in [6.07, 6.45) is 1.63. The fraction of sp³-hybridized carbons (Fsp3) is 0.545. The molecule has 6 nitrogen and oxygen atoms in total. The predicted molar refractivity (Wildman–Crippen MR) is 111 cm³/mol. The fourth-order valence-corrected chi connectivity index (χ4v) is 4.10. The van der Waals surface area contributed by atoms with Gasteiger partial charge in [-0.3, -0.25) is 4.79 Å². The lowest BCUT2D eigenvalue weighted by Gasteiger charge is -2.37. The number of carbonyl (C=O) groups is 1. The van der Waals surface area contributed by atoms with Crippen LogP contribution in [0.25, 0.3) is 10.9 Å². The maximum absolute atomic E-state index is 15.1. The lowest BCUT2D eigenvalue weighted by Crippen LogP contribution is -2.50. The van der Waals surface area contributed by atoms with Crippen LogP contribution in [0.15, 0.2) is 23.0 Å². The monoisotopic (exact) mass is 401 g/mol. The van der Waals surface area contributed by atoms with E-state index in [1.54, 1.807) is 11.0 Å². The van der Waals surface area contributed by atoms with E-state index in [1.165, 1.54) is 12.1 Å². The Bertz CT molecular complexity index is 1010. The lowest BCUT2D eigenvalue weighted by atomic mass is 10.1. The summed E-state index contributed by atoms with van der Waals surface area (Å²) in [5, 5.41) is 0.752. The molecule has 1 saturated heterocycles. The van der Waals surface area contributed by atoms with Crippen LogP contribution in [0, 0.1) is 12.7 Å². The average molecular weight is 401 g/mol. The molecule has 1 aromatic heterocycles. The van der Waals surface area contributed by atoms with Crippen molar-refractivity contribution in [3.05, 3.63) is 39.9 Å². The van der Waals surface area contributed by atoms with E-state index in [9.17, 15) is 9.59 Å². The number of fused-ring (bicyclic) bond motifs is 1. The van der Waals surface area contributed by atoms with E-state index in [4.69, 9.17) is 4.74 Å². The quantitative estimate of drug-likeness (QED) is 0.767. The van der Waals surface area contributed by atoms with Gasteiger partial charge in [0.15, 0.2) is 0 Å². The van der Waals surface area contributed by atoms with Crippen molar-refractivity contribution in [1.82, 2.24) is 9.47 Å². The van der Waals surface area contributed by atoms with Gasteiger partial charge in [-0.1, -0.05) is 0 Å². The van der Waals surface area contributed by atoms with Crippen LogP contribution in [0.2, 0.25) is 0 Å². The first-order valence-electron chi connectivity index (χ1n) is 10.2. The molecule has 29 heavy (non-hydrogen) atoms. The van der Waals surface area contributed by atoms with Gasteiger partial charge in [0.1, 0.15) is 11.4 Å². The van der Waals surface area contributed by atoms with Crippen LogP contribution < -0.4 is 10.5 Å². The first kappa shape index (κ1) is 19.7. The maximum atomic E-state index is 15.1. The zero-order valence-electron chi connectivity index (χ0n) is 17.5. The van der Waals surface area contributed by atoms with Gasteiger partial charge in [-0.05, 0) is 58.2 Å². The molecule has 2 heterocycles. The second-order valence-corrected chi connectivity index (χ2v) is 9.00. The third-order valence-corrected chi connectivity index (χ3v) is 5.54. The van der Waals surface area contributed by atoms with Gasteiger partial charge in [0, 0.05) is 43.7 Å². The minimum Gasteiger partial charge on any atom is -0.444 e. The van der Waals surface area contributed by atoms with Gasteiger partial charge in [0.25, 0.3) is 5.56 Å². The average Bonchev–Trinajstić information content (AvgIpc) is 3.46. The summed E-state index contributed by atoms with van der Waals surface area (Å²) in [7, 11) is 0. The molecular weight excluding hydrogens is 373 g/mol. The number of hydrogen-bond donors (Lipinski definition) is 0. The number of benzene rings is 1. The normalized spacial score (nSPS) is 17.7. The largest absolute Gasteiger partial charge is 0.444 e. The number of rotatable bonds is 2. The second-order valence-electron chi connectivity index (χ2n) is 9.00. The van der Waals surface area contributed by atoms with E-state index in [0.29, 0.717) is 31.9 Å². The number of aromatic nitrogens is 1. The van der Waals surface area contributed by atoms with Crippen LogP contribution in [-0.2, 0) is 4.74 Å². The number of pyridine rings is 1. The Balaban J connectivity index is 1.63. The Morgan fingerprint density at radius 1 is 1.14 bits per heavy atom. The molecule has 7 heteroatoms. The molecule has 2 fully saturated rings. The molecule has 1 amide bonds. The molecule has 0 unspecified atom stereocenters. The predicted octanol–water partition coefficient (Wildman–Crippen LogP) is 3.84. The molecule has 1 aliphatic carbocycles. The minimum absolute atomic E-state index is 0.0320. The highest BCUT2D eigenvalue weighted by Gasteiger charge is 2.30. The van der Waals surface area contributed by atoms with E-state index in [-0.39, 0.29) is 23.5 Å². The van der Waals surface area contributed by atoms with Crippen molar-refractivity contribution < 1.29 is 13.9 Å². The second kappa shape index (κ2) is 7.04. The highest BCUT2D eigenvalue weighted by molar-refractivity contribution is 5.88. The summed E-state index contributed by atoms with van der Waals surface area (Å²) in [5.74, 6) is -0.290. The fourth-order valence-electron chi connectivity index (χ4n) is 4.10. The van der Waals surface area contributed by atoms with E-state index >= 15 is 4.39 Å². The molecule has 2 aromatic rings. The van der Waals surface area contributed by atoms with Gasteiger partial charge in [-0.2, -0.15) is 0 Å². The van der Waals surface area contributed by atoms with Crippen molar-refractivity contribution in [2.24, 2.45) is 0 Å². The van der Waals surface area contributed by atoms with E-state index in [0.717, 1.165) is 29.3 Å². The van der Waals surface area contributed by atoms with Gasteiger partial charge >= 0.3 is 6.09 Å². The first-order chi connectivity index (χ1) is 13.7. The summed E-state index contributed by atoms with van der Waals surface area (Å²) in [6, 6.07) is 4.97. The molecule has 4 rings (SSSR count). The van der Waals surface area contributed by atoms with Crippen LogP contribution in [0.1, 0.15) is 45.2 Å². The Morgan fingerprint density at radius 2 is 1.79 bits per heavy atom. The maximum Gasteiger partial charge on any atom is 0.410 e. The third kappa shape index (κ3) is 3.82. The number of ether oxygens (including phenoxy) is 1. The van der Waals surface area contributed by atoms with E-state index < -0.39 is 5.60 Å². The molecule has 0 bridgehead atoms. The zero-order valence-corrected chi connectivity index (χ0v) is 17.5. The Hall–Kier alpha value is -2.57. The van der Waals surface area contributed by atoms with Crippen molar-refractivity contribution in [3.8, 4) is 0 Å². The SMILES string of the molecule is Cc1c(N2CCN(C(=O)OC(C)(C)C)CC2)c(F)cc2ccc(=O)n(C3CC3)c12. The molecule has 0 N–H and O–H groups in total. The Kier molecular flexibility index (Phi) is 4.79. The number of aryl methyl sites for hydroxylation is 1. The number of anilines is 1. The molecule has 2 aliphatic rings. The van der Waals surface area contributed by atoms with Crippen molar-refractivity contribution in [1.29, 1.82) is 0 Å². The van der Waals surface area contributed by atoms with Gasteiger partial charge in [0.05, 0.1) is 11.2 Å². The molecular formula is C22H28FN3O3. The van der Waals surface area contributed by atoms with E-state index in [1.807, 2.05) is 37.2 Å². The Morgan fingerprint density at radius 3 is 2.38 bits per heavy atom. The number of hydrogen-bond acceptors (Lipinski definition) is 4. The summed E-state index contributed by atoms with van der Waals surface area (Å²) in [5.41, 5.74) is 1.57. The van der Waals surface area contributed by atoms with Crippen molar-refractivity contribution >= 4 is 22.7 Å². The molecule has 0 atom stereocenters. The standard InChI is InChI=1S/C22H28FN3O3/c1-14-19-15(5-8-18(27)26(19)16-6-7-16)13-17(23)20(14)24-9-11-25(12-10-24)21(28)29-22(2,3)4/h5,8,13,16H,6-7,9-12H2,1-4H3. The van der Waals surface area contributed by atoms with Crippen molar-refractivity contribution in [2.45, 2.75) is 52.2 Å².